The number of hydrazine groups is 1. The van der Waals surface area contributed by atoms with Gasteiger partial charge in [0.15, 0.2) is 0 Å². The molecule has 112 valence electrons. The molecular formula is C15H21F3N2. The third-order valence-electron chi connectivity index (χ3n) is 4.52. The number of alkyl halides is 3. The van der Waals surface area contributed by atoms with Gasteiger partial charge in [-0.05, 0) is 35.8 Å². The van der Waals surface area contributed by atoms with Crippen molar-refractivity contribution in [2.75, 3.05) is 0 Å². The van der Waals surface area contributed by atoms with E-state index in [1.54, 1.807) is 6.07 Å². The second-order valence-electron chi connectivity index (χ2n) is 6.22. The van der Waals surface area contributed by atoms with Gasteiger partial charge in [0.1, 0.15) is 0 Å². The summed E-state index contributed by atoms with van der Waals surface area (Å²) in [7, 11) is 0. The number of nitrogens with two attached hydrogens (primary N) is 1. The SMILES string of the molecule is CC1(C)CCCC1C(NN)c1ccccc1C(F)(F)F. The predicted molar refractivity (Wildman–Crippen MR) is 72.6 cm³/mol. The van der Waals surface area contributed by atoms with Crippen molar-refractivity contribution in [2.24, 2.45) is 17.2 Å². The van der Waals surface area contributed by atoms with Crippen LogP contribution in [0.2, 0.25) is 0 Å². The molecule has 1 aromatic carbocycles. The topological polar surface area (TPSA) is 38.0 Å². The highest BCUT2D eigenvalue weighted by Crippen LogP contribution is 2.49. The molecule has 2 unspecified atom stereocenters. The number of hydrogen-bond donors (Lipinski definition) is 2. The maximum absolute atomic E-state index is 13.2. The summed E-state index contributed by atoms with van der Waals surface area (Å²) in [4.78, 5) is 0. The first-order chi connectivity index (χ1) is 9.27. The molecule has 0 aromatic heterocycles. The molecule has 3 N–H and O–H groups in total. The standard InChI is InChI=1S/C15H21F3N2/c1-14(2)9-5-8-12(14)13(20-19)10-6-3-4-7-11(10)15(16,17)18/h3-4,6-7,12-13,20H,5,8-9,19H2,1-2H3. The van der Waals surface area contributed by atoms with Crippen LogP contribution in [-0.4, -0.2) is 0 Å². The largest absolute Gasteiger partial charge is 0.416 e. The molecule has 20 heavy (non-hydrogen) atoms. The first-order valence-corrected chi connectivity index (χ1v) is 6.89. The fourth-order valence-corrected chi connectivity index (χ4v) is 3.42. The van der Waals surface area contributed by atoms with Gasteiger partial charge in [-0.3, -0.25) is 11.3 Å². The third kappa shape index (κ3) is 2.83. The lowest BCUT2D eigenvalue weighted by atomic mass is 9.75. The zero-order valence-electron chi connectivity index (χ0n) is 11.8. The molecule has 0 bridgehead atoms. The molecule has 2 atom stereocenters. The monoisotopic (exact) mass is 286 g/mol. The van der Waals surface area contributed by atoms with Crippen LogP contribution in [0, 0.1) is 11.3 Å². The number of rotatable bonds is 3. The summed E-state index contributed by atoms with van der Waals surface area (Å²) in [5, 5.41) is 0. The zero-order chi connectivity index (χ0) is 15.0. The lowest BCUT2D eigenvalue weighted by Gasteiger charge is -2.35. The van der Waals surface area contributed by atoms with E-state index in [9.17, 15) is 13.2 Å². The average Bonchev–Trinajstić information content (AvgIpc) is 2.70. The normalized spacial score (nSPS) is 23.8. The Morgan fingerprint density at radius 3 is 2.45 bits per heavy atom. The van der Waals surface area contributed by atoms with E-state index in [1.165, 1.54) is 12.1 Å². The Bertz CT molecular complexity index is 468. The van der Waals surface area contributed by atoms with E-state index in [4.69, 9.17) is 5.84 Å². The fourth-order valence-electron chi connectivity index (χ4n) is 3.42. The molecule has 2 nitrogen and oxygen atoms in total. The van der Waals surface area contributed by atoms with Crippen LogP contribution < -0.4 is 11.3 Å². The molecule has 1 aromatic rings. The summed E-state index contributed by atoms with van der Waals surface area (Å²) in [6.07, 6.45) is -1.41. The first-order valence-electron chi connectivity index (χ1n) is 6.89. The Morgan fingerprint density at radius 1 is 1.30 bits per heavy atom. The highest BCUT2D eigenvalue weighted by Gasteiger charge is 2.43. The van der Waals surface area contributed by atoms with E-state index >= 15 is 0 Å². The lowest BCUT2D eigenvalue weighted by molar-refractivity contribution is -0.138. The summed E-state index contributed by atoms with van der Waals surface area (Å²) >= 11 is 0. The van der Waals surface area contributed by atoms with Crippen molar-refractivity contribution in [2.45, 2.75) is 45.3 Å². The molecule has 0 amide bonds. The maximum Gasteiger partial charge on any atom is 0.416 e. The van der Waals surface area contributed by atoms with E-state index in [0.717, 1.165) is 25.3 Å². The summed E-state index contributed by atoms with van der Waals surface area (Å²) < 4.78 is 39.5. The van der Waals surface area contributed by atoms with Crippen LogP contribution >= 0.6 is 0 Å². The van der Waals surface area contributed by atoms with Crippen LogP contribution in [0.3, 0.4) is 0 Å². The van der Waals surface area contributed by atoms with Gasteiger partial charge in [-0.15, -0.1) is 0 Å². The molecule has 5 heteroatoms. The fraction of sp³-hybridized carbons (Fsp3) is 0.600. The molecule has 0 heterocycles. The summed E-state index contributed by atoms with van der Waals surface area (Å²) in [6, 6.07) is 5.24. The molecule has 1 saturated carbocycles. The molecule has 2 rings (SSSR count). The third-order valence-corrected chi connectivity index (χ3v) is 4.52. The van der Waals surface area contributed by atoms with Crippen LogP contribution in [0.25, 0.3) is 0 Å². The number of hydrogen-bond acceptors (Lipinski definition) is 2. The van der Waals surface area contributed by atoms with E-state index in [-0.39, 0.29) is 16.9 Å². The smallest absolute Gasteiger partial charge is 0.271 e. The van der Waals surface area contributed by atoms with E-state index in [1.807, 2.05) is 0 Å². The van der Waals surface area contributed by atoms with Crippen molar-refractivity contribution < 1.29 is 13.2 Å². The molecule has 0 saturated heterocycles. The molecule has 0 radical (unpaired) electrons. The van der Waals surface area contributed by atoms with Crippen LogP contribution in [0.15, 0.2) is 24.3 Å². The van der Waals surface area contributed by atoms with Crippen molar-refractivity contribution in [3.05, 3.63) is 35.4 Å². The minimum atomic E-state index is -4.35. The quantitative estimate of drug-likeness (QED) is 0.650. The molecular weight excluding hydrogens is 265 g/mol. The van der Waals surface area contributed by atoms with Crippen molar-refractivity contribution in [3.63, 3.8) is 0 Å². The Kier molecular flexibility index (Phi) is 4.12. The van der Waals surface area contributed by atoms with Crippen molar-refractivity contribution in [1.29, 1.82) is 0 Å². The van der Waals surface area contributed by atoms with Gasteiger partial charge in [0.2, 0.25) is 0 Å². The van der Waals surface area contributed by atoms with Gasteiger partial charge in [0.25, 0.3) is 0 Å². The molecule has 1 aliphatic rings. The van der Waals surface area contributed by atoms with Crippen molar-refractivity contribution in [1.82, 2.24) is 5.43 Å². The lowest BCUT2D eigenvalue weighted by Crippen LogP contribution is -2.38. The summed E-state index contributed by atoms with van der Waals surface area (Å²) in [5.74, 6) is 5.71. The second-order valence-corrected chi connectivity index (χ2v) is 6.22. The number of nitrogens with one attached hydrogen (secondary N) is 1. The van der Waals surface area contributed by atoms with E-state index in [0.29, 0.717) is 0 Å². The van der Waals surface area contributed by atoms with E-state index < -0.39 is 17.8 Å². The van der Waals surface area contributed by atoms with Gasteiger partial charge in [0, 0.05) is 6.04 Å². The van der Waals surface area contributed by atoms with E-state index in [2.05, 4.69) is 19.3 Å². The van der Waals surface area contributed by atoms with Gasteiger partial charge >= 0.3 is 6.18 Å². The van der Waals surface area contributed by atoms with Gasteiger partial charge in [-0.1, -0.05) is 38.5 Å². The highest BCUT2D eigenvalue weighted by molar-refractivity contribution is 5.33. The van der Waals surface area contributed by atoms with Gasteiger partial charge < -0.3 is 0 Å². The Morgan fingerprint density at radius 2 is 1.95 bits per heavy atom. The highest BCUT2D eigenvalue weighted by atomic mass is 19.4. The van der Waals surface area contributed by atoms with Gasteiger partial charge in [-0.25, -0.2) is 0 Å². The molecule has 0 spiro atoms. The van der Waals surface area contributed by atoms with Crippen LogP contribution in [0.4, 0.5) is 13.2 Å². The minimum absolute atomic E-state index is 0.00422. The minimum Gasteiger partial charge on any atom is -0.271 e. The van der Waals surface area contributed by atoms with Crippen molar-refractivity contribution >= 4 is 0 Å². The van der Waals surface area contributed by atoms with Gasteiger partial charge in [-0.2, -0.15) is 13.2 Å². The summed E-state index contributed by atoms with van der Waals surface area (Å²) in [5.41, 5.74) is 2.28. The van der Waals surface area contributed by atoms with Crippen LogP contribution in [0.1, 0.15) is 50.3 Å². The Hall–Kier alpha value is -1.07. The Balaban J connectivity index is 2.43. The zero-order valence-corrected chi connectivity index (χ0v) is 11.8. The first kappa shape index (κ1) is 15.3. The maximum atomic E-state index is 13.2. The van der Waals surface area contributed by atoms with Gasteiger partial charge in [0.05, 0.1) is 5.56 Å². The Labute approximate surface area is 117 Å². The molecule has 0 aliphatic heterocycles. The number of halogens is 3. The average molecular weight is 286 g/mol. The molecule has 1 fully saturated rings. The predicted octanol–water partition coefficient (Wildman–Crippen LogP) is 4.04. The number of benzene rings is 1. The summed E-state index contributed by atoms with van der Waals surface area (Å²) in [6.45, 7) is 4.20. The van der Waals surface area contributed by atoms with Crippen LogP contribution in [-0.2, 0) is 6.18 Å². The van der Waals surface area contributed by atoms with Crippen LogP contribution in [0.5, 0.6) is 0 Å². The molecule has 1 aliphatic carbocycles. The van der Waals surface area contributed by atoms with Crippen molar-refractivity contribution in [3.8, 4) is 0 Å². The second kappa shape index (κ2) is 5.37.